The standard InChI is InChI=1S/C28H27F3N2O6S2/c1-4-19(2)33(40(34,35)26-12-5-8-21-9-7-15-32-27(21)26)18-20-13-14-24(38-3)25(16-20)39-41(36,37)23-11-6-10-22(17-23)28(29,30)31/h5-17,19H,4,18H2,1-3H3/t19-/m0/s1. The monoisotopic (exact) mass is 608 g/mol. The van der Waals surface area contributed by atoms with Crippen LogP contribution in [0.2, 0.25) is 0 Å². The van der Waals surface area contributed by atoms with Gasteiger partial charge in [-0.05, 0) is 61.4 Å². The van der Waals surface area contributed by atoms with Crippen molar-refractivity contribution in [1.29, 1.82) is 0 Å². The number of alkyl halides is 3. The second-order valence-corrected chi connectivity index (χ2v) is 12.6. The minimum Gasteiger partial charge on any atom is -0.493 e. The van der Waals surface area contributed by atoms with Crippen LogP contribution in [0.5, 0.6) is 11.5 Å². The lowest BCUT2D eigenvalue weighted by atomic mass is 10.2. The van der Waals surface area contributed by atoms with Crippen LogP contribution in [0.4, 0.5) is 13.2 Å². The number of hydrogen-bond acceptors (Lipinski definition) is 7. The fourth-order valence-corrected chi connectivity index (χ4v) is 6.99. The third-order valence-electron chi connectivity index (χ3n) is 6.48. The number of hydrogen-bond donors (Lipinski definition) is 0. The van der Waals surface area contributed by atoms with Crippen molar-refractivity contribution < 1.29 is 38.9 Å². The SMILES string of the molecule is CC[C@H](C)N(Cc1ccc(OC)c(OS(=O)(=O)c2cccc(C(F)(F)F)c2)c1)S(=O)(=O)c1cccc2cccnc12. The largest absolute Gasteiger partial charge is 0.493 e. The van der Waals surface area contributed by atoms with Gasteiger partial charge in [-0.15, -0.1) is 0 Å². The molecule has 0 unspecified atom stereocenters. The Kier molecular flexibility index (Phi) is 8.62. The van der Waals surface area contributed by atoms with E-state index in [4.69, 9.17) is 8.92 Å². The Labute approximate surface area is 236 Å². The molecule has 0 saturated heterocycles. The van der Waals surface area contributed by atoms with E-state index in [2.05, 4.69) is 4.98 Å². The summed E-state index contributed by atoms with van der Waals surface area (Å²) in [6.07, 6.45) is -2.78. The predicted molar refractivity (Wildman–Crippen MR) is 146 cm³/mol. The Morgan fingerprint density at radius 1 is 0.927 bits per heavy atom. The maximum absolute atomic E-state index is 13.9. The van der Waals surface area contributed by atoms with E-state index < -0.39 is 42.8 Å². The predicted octanol–water partition coefficient (Wildman–Crippen LogP) is 6.02. The fourth-order valence-electron chi connectivity index (χ4n) is 4.15. The molecule has 1 heterocycles. The van der Waals surface area contributed by atoms with Gasteiger partial charge in [-0.2, -0.15) is 25.9 Å². The highest BCUT2D eigenvalue weighted by Crippen LogP contribution is 2.35. The number of halogens is 3. The van der Waals surface area contributed by atoms with Gasteiger partial charge in [0.1, 0.15) is 9.79 Å². The number of ether oxygens (including phenoxy) is 1. The molecule has 4 aromatic rings. The molecule has 1 aromatic heterocycles. The molecule has 0 amide bonds. The Balaban J connectivity index is 1.72. The second-order valence-electron chi connectivity index (χ2n) is 9.19. The number of para-hydroxylation sites is 1. The minimum atomic E-state index is -4.76. The first-order valence-electron chi connectivity index (χ1n) is 12.4. The topological polar surface area (TPSA) is 103 Å². The zero-order valence-electron chi connectivity index (χ0n) is 22.3. The molecule has 0 aliphatic rings. The molecule has 41 heavy (non-hydrogen) atoms. The first-order valence-corrected chi connectivity index (χ1v) is 15.3. The van der Waals surface area contributed by atoms with Crippen LogP contribution in [0.15, 0.2) is 88.8 Å². The molecule has 13 heteroatoms. The molecule has 4 rings (SSSR count). The fraction of sp³-hybridized carbons (Fsp3) is 0.250. The first kappa shape index (κ1) is 30.3. The minimum absolute atomic E-state index is 0.0134. The molecule has 8 nitrogen and oxygen atoms in total. The molecule has 0 spiro atoms. The highest BCUT2D eigenvalue weighted by molar-refractivity contribution is 7.89. The van der Waals surface area contributed by atoms with E-state index in [1.165, 1.54) is 35.8 Å². The number of pyridine rings is 1. The molecule has 0 aliphatic carbocycles. The molecular weight excluding hydrogens is 581 g/mol. The van der Waals surface area contributed by atoms with Crippen LogP contribution in [-0.2, 0) is 32.9 Å². The van der Waals surface area contributed by atoms with Gasteiger partial charge in [-0.3, -0.25) is 4.98 Å². The summed E-state index contributed by atoms with van der Waals surface area (Å²) in [6, 6.07) is 15.3. The van der Waals surface area contributed by atoms with Gasteiger partial charge < -0.3 is 8.92 Å². The van der Waals surface area contributed by atoms with E-state index in [9.17, 15) is 30.0 Å². The van der Waals surface area contributed by atoms with Crippen molar-refractivity contribution in [2.24, 2.45) is 0 Å². The molecule has 0 fully saturated rings. The molecule has 0 radical (unpaired) electrons. The normalized spacial score (nSPS) is 13.3. The number of fused-ring (bicyclic) bond motifs is 1. The molecule has 218 valence electrons. The molecule has 3 aromatic carbocycles. The third-order valence-corrected chi connectivity index (χ3v) is 9.70. The van der Waals surface area contributed by atoms with Gasteiger partial charge >= 0.3 is 16.3 Å². The summed E-state index contributed by atoms with van der Waals surface area (Å²) in [6.45, 7) is 3.42. The zero-order chi connectivity index (χ0) is 30.0. The summed E-state index contributed by atoms with van der Waals surface area (Å²) in [4.78, 5) is 3.59. The summed E-state index contributed by atoms with van der Waals surface area (Å²) >= 11 is 0. The van der Waals surface area contributed by atoms with Gasteiger partial charge in [-0.25, -0.2) is 8.42 Å². The molecule has 0 aliphatic heterocycles. The van der Waals surface area contributed by atoms with Crippen LogP contribution in [0.1, 0.15) is 31.4 Å². The van der Waals surface area contributed by atoms with Crippen LogP contribution in [0.25, 0.3) is 10.9 Å². The second kappa shape index (κ2) is 11.7. The van der Waals surface area contributed by atoms with E-state index in [1.807, 2.05) is 6.92 Å². The summed E-state index contributed by atoms with van der Waals surface area (Å²) in [5.74, 6) is -0.323. The van der Waals surface area contributed by atoms with Crippen LogP contribution in [-0.4, -0.2) is 39.3 Å². The lowest BCUT2D eigenvalue weighted by molar-refractivity contribution is -0.137. The van der Waals surface area contributed by atoms with Gasteiger partial charge in [0, 0.05) is 24.2 Å². The third kappa shape index (κ3) is 6.47. The molecule has 0 saturated carbocycles. The van der Waals surface area contributed by atoms with Crippen LogP contribution < -0.4 is 8.92 Å². The van der Waals surface area contributed by atoms with Gasteiger partial charge in [0.15, 0.2) is 11.5 Å². The number of methoxy groups -OCH3 is 1. The van der Waals surface area contributed by atoms with E-state index in [0.717, 1.165) is 18.2 Å². The molecule has 0 bridgehead atoms. The van der Waals surface area contributed by atoms with E-state index >= 15 is 0 Å². The summed E-state index contributed by atoms with van der Waals surface area (Å²) in [5.41, 5.74) is -0.480. The van der Waals surface area contributed by atoms with Crippen molar-refractivity contribution in [2.45, 2.75) is 48.8 Å². The summed E-state index contributed by atoms with van der Waals surface area (Å²) < 4.78 is 105. The molecule has 0 N–H and O–H groups in total. The molecular formula is C28H27F3N2O6S2. The van der Waals surface area contributed by atoms with E-state index in [-0.39, 0.29) is 22.9 Å². The van der Waals surface area contributed by atoms with Crippen molar-refractivity contribution in [3.05, 3.63) is 90.1 Å². The van der Waals surface area contributed by atoms with Gasteiger partial charge in [0.25, 0.3) is 0 Å². The first-order chi connectivity index (χ1) is 19.3. The number of aromatic nitrogens is 1. The average Bonchev–Trinajstić information content (AvgIpc) is 2.94. The lowest BCUT2D eigenvalue weighted by Gasteiger charge is -2.28. The van der Waals surface area contributed by atoms with Crippen molar-refractivity contribution in [3.8, 4) is 11.5 Å². The zero-order valence-corrected chi connectivity index (χ0v) is 23.9. The van der Waals surface area contributed by atoms with E-state index in [1.54, 1.807) is 37.3 Å². The Morgan fingerprint density at radius 2 is 1.63 bits per heavy atom. The Bertz CT molecular complexity index is 1770. The highest BCUT2D eigenvalue weighted by atomic mass is 32.2. The quantitative estimate of drug-likeness (QED) is 0.203. The Hall–Kier alpha value is -3.68. The van der Waals surface area contributed by atoms with Crippen LogP contribution >= 0.6 is 0 Å². The smallest absolute Gasteiger partial charge is 0.416 e. The van der Waals surface area contributed by atoms with Crippen molar-refractivity contribution in [1.82, 2.24) is 9.29 Å². The summed E-state index contributed by atoms with van der Waals surface area (Å²) in [5, 5.41) is 0.651. The van der Waals surface area contributed by atoms with Crippen molar-refractivity contribution in [3.63, 3.8) is 0 Å². The maximum Gasteiger partial charge on any atom is 0.416 e. The van der Waals surface area contributed by atoms with Crippen LogP contribution in [0.3, 0.4) is 0 Å². The van der Waals surface area contributed by atoms with Gasteiger partial charge in [-0.1, -0.05) is 37.3 Å². The van der Waals surface area contributed by atoms with Crippen LogP contribution in [0, 0.1) is 0 Å². The van der Waals surface area contributed by atoms with Gasteiger partial charge in [0.05, 0.1) is 18.2 Å². The van der Waals surface area contributed by atoms with Gasteiger partial charge in [0.2, 0.25) is 10.0 Å². The number of rotatable bonds is 10. The van der Waals surface area contributed by atoms with E-state index in [0.29, 0.717) is 29.0 Å². The summed E-state index contributed by atoms with van der Waals surface area (Å²) in [7, 11) is -7.53. The molecule has 1 atom stereocenters. The lowest BCUT2D eigenvalue weighted by Crippen LogP contribution is -2.38. The van der Waals surface area contributed by atoms with Crippen molar-refractivity contribution in [2.75, 3.05) is 7.11 Å². The number of sulfonamides is 1. The number of nitrogens with zero attached hydrogens (tertiary/aromatic N) is 2. The Morgan fingerprint density at radius 3 is 2.32 bits per heavy atom. The maximum atomic E-state index is 13.9. The van der Waals surface area contributed by atoms with Crippen molar-refractivity contribution >= 4 is 31.0 Å². The number of benzene rings is 3. The highest BCUT2D eigenvalue weighted by Gasteiger charge is 2.33. The average molecular weight is 609 g/mol.